The lowest BCUT2D eigenvalue weighted by Gasteiger charge is -2.39. The highest BCUT2D eigenvalue weighted by Gasteiger charge is 2.45. The van der Waals surface area contributed by atoms with E-state index < -0.39 is 56.1 Å². The van der Waals surface area contributed by atoms with Gasteiger partial charge in [-0.2, -0.15) is 0 Å². The van der Waals surface area contributed by atoms with Crippen LogP contribution in [0.2, 0.25) is 0 Å². The summed E-state index contributed by atoms with van der Waals surface area (Å²) >= 11 is 0. The Labute approximate surface area is 149 Å². The van der Waals surface area contributed by atoms with Gasteiger partial charge in [-0.15, -0.1) is 0 Å². The van der Waals surface area contributed by atoms with Gasteiger partial charge in [0.2, 0.25) is 6.29 Å². The van der Waals surface area contributed by atoms with Crippen LogP contribution in [0, 0.1) is 0 Å². The molecule has 0 bridgehead atoms. The first-order valence-electron chi connectivity index (χ1n) is 7.96. The third-order valence-corrected chi connectivity index (χ3v) is 4.17. The molecule has 1 aliphatic rings. The van der Waals surface area contributed by atoms with Gasteiger partial charge in [0.1, 0.15) is 36.6 Å². The van der Waals surface area contributed by atoms with Crippen molar-refractivity contribution in [2.24, 2.45) is 0 Å². The molecule has 1 aliphatic heterocycles. The Morgan fingerprint density at radius 2 is 1.73 bits per heavy atom. The molecule has 0 unspecified atom stereocenters. The topological polar surface area (TPSA) is 169 Å². The lowest BCUT2D eigenvalue weighted by Crippen LogP contribution is -2.60. The number of ether oxygens (including phenoxy) is 3. The van der Waals surface area contributed by atoms with Gasteiger partial charge in [-0.3, -0.25) is 0 Å². The van der Waals surface area contributed by atoms with Crippen LogP contribution in [0.1, 0.15) is 11.7 Å². The fourth-order valence-corrected chi connectivity index (χ4v) is 2.58. The minimum Gasteiger partial charge on any atom is -0.493 e. The van der Waals surface area contributed by atoms with Gasteiger partial charge < -0.3 is 50.0 Å². The third-order valence-electron chi connectivity index (χ3n) is 4.17. The summed E-state index contributed by atoms with van der Waals surface area (Å²) in [7, 11) is 1.33. The molecular weight excluding hydrogens is 352 g/mol. The quantitative estimate of drug-likeness (QED) is 0.265. The number of aliphatic hydroxyl groups excluding tert-OH is 7. The Bertz CT molecular complexity index is 580. The molecule has 10 heteroatoms. The molecule has 26 heavy (non-hydrogen) atoms. The molecule has 7 N–H and O–H groups in total. The Hall–Kier alpha value is -1.50. The lowest BCUT2D eigenvalue weighted by molar-refractivity contribution is -0.277. The summed E-state index contributed by atoms with van der Waals surface area (Å²) in [5.74, 6) is 0.218. The van der Waals surface area contributed by atoms with E-state index in [1.54, 1.807) is 0 Å². The summed E-state index contributed by atoms with van der Waals surface area (Å²) in [5.41, 5.74) is 0.254. The molecule has 0 aliphatic carbocycles. The van der Waals surface area contributed by atoms with Crippen LogP contribution in [0.25, 0.3) is 0 Å². The maximum atomic E-state index is 10.0. The van der Waals surface area contributed by atoms with Gasteiger partial charge in [-0.05, 0) is 17.7 Å². The van der Waals surface area contributed by atoms with E-state index in [4.69, 9.17) is 19.3 Å². The summed E-state index contributed by atoms with van der Waals surface area (Å²) in [6, 6.07) is 4.15. The normalized spacial score (nSPS) is 31.3. The van der Waals surface area contributed by atoms with Crippen LogP contribution in [-0.2, 0) is 4.74 Å². The van der Waals surface area contributed by atoms with Gasteiger partial charge >= 0.3 is 0 Å². The van der Waals surface area contributed by atoms with Crippen LogP contribution in [0.4, 0.5) is 0 Å². The van der Waals surface area contributed by atoms with Crippen molar-refractivity contribution in [3.8, 4) is 11.5 Å². The van der Waals surface area contributed by atoms with Crippen molar-refractivity contribution in [2.75, 3.05) is 20.3 Å². The molecule has 0 radical (unpaired) electrons. The van der Waals surface area contributed by atoms with Crippen molar-refractivity contribution in [1.82, 2.24) is 0 Å². The van der Waals surface area contributed by atoms with Gasteiger partial charge in [0.25, 0.3) is 0 Å². The molecule has 10 nitrogen and oxygen atoms in total. The van der Waals surface area contributed by atoms with Crippen LogP contribution in [0.5, 0.6) is 11.5 Å². The zero-order valence-electron chi connectivity index (χ0n) is 14.0. The second-order valence-electron chi connectivity index (χ2n) is 5.92. The van der Waals surface area contributed by atoms with E-state index >= 15 is 0 Å². The summed E-state index contributed by atoms with van der Waals surface area (Å²) in [6.45, 7) is -1.22. The monoisotopic (exact) mass is 376 g/mol. The van der Waals surface area contributed by atoms with Gasteiger partial charge in [-0.1, -0.05) is 6.07 Å². The Morgan fingerprint density at radius 3 is 2.31 bits per heavy atom. The maximum absolute atomic E-state index is 10.0. The van der Waals surface area contributed by atoms with Crippen molar-refractivity contribution in [1.29, 1.82) is 0 Å². The molecule has 1 aromatic rings. The maximum Gasteiger partial charge on any atom is 0.229 e. The van der Waals surface area contributed by atoms with Crippen LogP contribution >= 0.6 is 0 Å². The summed E-state index contributed by atoms with van der Waals surface area (Å²) in [5, 5.41) is 67.1. The second-order valence-corrected chi connectivity index (χ2v) is 5.92. The highest BCUT2D eigenvalue weighted by atomic mass is 16.7. The van der Waals surface area contributed by atoms with Gasteiger partial charge in [0.15, 0.2) is 11.5 Å². The largest absolute Gasteiger partial charge is 0.493 e. The molecule has 2 rings (SSSR count). The van der Waals surface area contributed by atoms with E-state index in [1.807, 2.05) is 0 Å². The minimum absolute atomic E-state index is 0.0891. The first-order valence-corrected chi connectivity index (χ1v) is 7.96. The zero-order chi connectivity index (χ0) is 19.4. The van der Waals surface area contributed by atoms with E-state index in [9.17, 15) is 30.6 Å². The van der Waals surface area contributed by atoms with Crippen LogP contribution < -0.4 is 9.47 Å². The molecule has 0 saturated carbocycles. The predicted octanol–water partition coefficient (Wildman–Crippen LogP) is -2.74. The number of hydrogen-bond acceptors (Lipinski definition) is 10. The van der Waals surface area contributed by atoms with E-state index in [1.165, 1.54) is 25.3 Å². The van der Waals surface area contributed by atoms with Crippen molar-refractivity contribution in [2.45, 2.75) is 42.9 Å². The smallest absolute Gasteiger partial charge is 0.229 e. The molecule has 0 amide bonds. The Balaban J connectivity index is 2.20. The van der Waals surface area contributed by atoms with E-state index in [2.05, 4.69) is 0 Å². The zero-order valence-corrected chi connectivity index (χ0v) is 14.0. The third kappa shape index (κ3) is 4.24. The minimum atomic E-state index is -1.59. The first kappa shape index (κ1) is 20.8. The summed E-state index contributed by atoms with van der Waals surface area (Å²) < 4.78 is 15.9. The number of benzene rings is 1. The summed E-state index contributed by atoms with van der Waals surface area (Å²) in [4.78, 5) is 0. The lowest BCUT2D eigenvalue weighted by atomic mass is 9.99. The number of methoxy groups -OCH3 is 1. The Morgan fingerprint density at radius 1 is 1.04 bits per heavy atom. The van der Waals surface area contributed by atoms with E-state index in [0.717, 1.165) is 0 Å². The molecule has 1 saturated heterocycles. The number of aliphatic hydroxyl groups is 7. The standard InChI is InChI=1S/C16H24O10/c1-24-10-4-7(12(20)8(19)5-17)2-3-9(10)25-16-15(23)14(22)13(21)11(6-18)26-16/h2-4,8,11-23H,5-6H2,1H3/t8-,11-,12+,13-,14+,15-,16-/m1/s1. The van der Waals surface area contributed by atoms with E-state index in [0.29, 0.717) is 0 Å². The number of rotatable bonds is 7. The fraction of sp³-hybridized carbons (Fsp3) is 0.625. The average Bonchev–Trinajstić information content (AvgIpc) is 2.67. The fourth-order valence-electron chi connectivity index (χ4n) is 2.58. The SMILES string of the molecule is COc1cc([C@H](O)[C@H](O)CO)ccc1O[C@@H]1O[C@H](CO)[C@@H](O)[C@H](O)[C@H]1O. The number of hydrogen-bond donors (Lipinski definition) is 7. The van der Waals surface area contributed by atoms with Gasteiger partial charge in [-0.25, -0.2) is 0 Å². The molecule has 1 aromatic carbocycles. The molecule has 7 atom stereocenters. The van der Waals surface area contributed by atoms with Crippen molar-refractivity contribution >= 4 is 0 Å². The van der Waals surface area contributed by atoms with Gasteiger partial charge in [0.05, 0.1) is 20.3 Å². The highest BCUT2D eigenvalue weighted by molar-refractivity contribution is 5.44. The highest BCUT2D eigenvalue weighted by Crippen LogP contribution is 2.34. The molecule has 148 valence electrons. The van der Waals surface area contributed by atoms with Crippen LogP contribution in [0.15, 0.2) is 18.2 Å². The molecule has 1 fully saturated rings. The predicted molar refractivity (Wildman–Crippen MR) is 85.4 cm³/mol. The average molecular weight is 376 g/mol. The van der Waals surface area contributed by atoms with E-state index in [-0.39, 0.29) is 17.1 Å². The van der Waals surface area contributed by atoms with Crippen molar-refractivity contribution in [3.63, 3.8) is 0 Å². The van der Waals surface area contributed by atoms with Crippen molar-refractivity contribution < 1.29 is 50.0 Å². The summed E-state index contributed by atoms with van der Waals surface area (Å²) in [6.07, 6.45) is -9.92. The first-order chi connectivity index (χ1) is 12.3. The van der Waals surface area contributed by atoms with Gasteiger partial charge in [0, 0.05) is 0 Å². The molecule has 0 spiro atoms. The molecular formula is C16H24O10. The Kier molecular flexibility index (Phi) is 7.15. The van der Waals surface area contributed by atoms with Crippen LogP contribution in [0.3, 0.4) is 0 Å². The molecule has 1 heterocycles. The second kappa shape index (κ2) is 8.93. The molecule has 0 aromatic heterocycles. The van der Waals surface area contributed by atoms with Crippen LogP contribution in [-0.4, -0.2) is 92.9 Å². The van der Waals surface area contributed by atoms with Crippen molar-refractivity contribution in [3.05, 3.63) is 23.8 Å².